The minimum absolute atomic E-state index is 0.115. The summed E-state index contributed by atoms with van der Waals surface area (Å²) in [7, 11) is 0. The molecule has 1 aliphatic rings. The van der Waals surface area contributed by atoms with Crippen molar-refractivity contribution in [1.82, 2.24) is 15.2 Å². The predicted molar refractivity (Wildman–Crippen MR) is 124 cm³/mol. The quantitative estimate of drug-likeness (QED) is 0.602. The van der Waals surface area contributed by atoms with Gasteiger partial charge in [0.15, 0.2) is 0 Å². The van der Waals surface area contributed by atoms with Gasteiger partial charge in [0.25, 0.3) is 5.91 Å². The van der Waals surface area contributed by atoms with Crippen molar-refractivity contribution in [2.45, 2.75) is 25.7 Å². The molecule has 0 saturated carbocycles. The van der Waals surface area contributed by atoms with Crippen LogP contribution in [-0.4, -0.2) is 41.5 Å². The maximum absolute atomic E-state index is 12.6. The molecule has 0 aliphatic carbocycles. The van der Waals surface area contributed by atoms with E-state index in [9.17, 15) is 9.59 Å². The number of thiazole rings is 1. The van der Waals surface area contributed by atoms with E-state index in [2.05, 4.69) is 21.0 Å². The summed E-state index contributed by atoms with van der Waals surface area (Å²) >= 11 is 1.67. The standard InChI is InChI=1S/C24H26N4O2S/c1-17-16-31-23(26-17)20-12-14-28(15-20)24(30)27-21-9-7-19(8-10-21)22(29)25-13-11-18-5-3-2-4-6-18/h2-10,16,20H,11-15H2,1H3,(H,25,29)(H,27,30). The summed E-state index contributed by atoms with van der Waals surface area (Å²) in [5.74, 6) is 0.196. The molecule has 2 aromatic carbocycles. The zero-order valence-corrected chi connectivity index (χ0v) is 18.3. The van der Waals surface area contributed by atoms with Gasteiger partial charge in [0, 0.05) is 47.9 Å². The molecular weight excluding hydrogens is 408 g/mol. The predicted octanol–water partition coefficient (Wildman–Crippen LogP) is 4.45. The van der Waals surface area contributed by atoms with Crippen LogP contribution in [0.5, 0.6) is 0 Å². The van der Waals surface area contributed by atoms with Crippen LogP contribution in [0.1, 0.15) is 39.0 Å². The number of carbonyl (C=O) groups excluding carboxylic acids is 2. The van der Waals surface area contributed by atoms with Crippen molar-refractivity contribution in [1.29, 1.82) is 0 Å². The van der Waals surface area contributed by atoms with Crippen LogP contribution < -0.4 is 10.6 Å². The Morgan fingerprint density at radius 2 is 1.90 bits per heavy atom. The lowest BCUT2D eigenvalue weighted by molar-refractivity contribution is 0.0954. The monoisotopic (exact) mass is 434 g/mol. The van der Waals surface area contributed by atoms with Gasteiger partial charge in [-0.15, -0.1) is 11.3 Å². The summed E-state index contributed by atoms with van der Waals surface area (Å²) in [6.07, 6.45) is 1.72. The zero-order valence-electron chi connectivity index (χ0n) is 17.5. The maximum Gasteiger partial charge on any atom is 0.321 e. The molecular formula is C24H26N4O2S. The normalized spacial score (nSPS) is 15.6. The van der Waals surface area contributed by atoms with Crippen LogP contribution in [0.4, 0.5) is 10.5 Å². The molecule has 6 nitrogen and oxygen atoms in total. The third kappa shape index (κ3) is 5.49. The van der Waals surface area contributed by atoms with Gasteiger partial charge in [0.2, 0.25) is 0 Å². The molecule has 1 aliphatic heterocycles. The first-order valence-electron chi connectivity index (χ1n) is 10.5. The number of nitrogens with one attached hydrogen (secondary N) is 2. The minimum atomic E-state index is -0.116. The Balaban J connectivity index is 1.25. The maximum atomic E-state index is 12.6. The van der Waals surface area contributed by atoms with Gasteiger partial charge in [-0.1, -0.05) is 30.3 Å². The third-order valence-electron chi connectivity index (χ3n) is 5.40. The van der Waals surface area contributed by atoms with Crippen molar-refractivity contribution in [2.75, 3.05) is 25.0 Å². The number of likely N-dealkylation sites (tertiary alicyclic amines) is 1. The summed E-state index contributed by atoms with van der Waals surface area (Å²) in [6, 6.07) is 16.9. The zero-order chi connectivity index (χ0) is 21.6. The fourth-order valence-corrected chi connectivity index (χ4v) is 4.61. The highest BCUT2D eigenvalue weighted by molar-refractivity contribution is 7.09. The Hall–Kier alpha value is -3.19. The number of nitrogens with zero attached hydrogens (tertiary/aromatic N) is 2. The highest BCUT2D eigenvalue weighted by Gasteiger charge is 2.29. The van der Waals surface area contributed by atoms with Crippen LogP contribution in [-0.2, 0) is 6.42 Å². The van der Waals surface area contributed by atoms with Crippen LogP contribution in [0.25, 0.3) is 0 Å². The van der Waals surface area contributed by atoms with Gasteiger partial charge in [0.05, 0.1) is 5.01 Å². The number of rotatable bonds is 6. The average molecular weight is 435 g/mol. The number of amides is 3. The molecule has 1 aromatic heterocycles. The SMILES string of the molecule is Cc1csc(C2CCN(C(=O)Nc3ccc(C(=O)NCCc4ccccc4)cc3)C2)n1. The number of hydrogen-bond acceptors (Lipinski definition) is 4. The largest absolute Gasteiger partial charge is 0.352 e. The number of aryl methyl sites for hydroxylation is 1. The Kier molecular flexibility index (Phi) is 6.62. The fraction of sp³-hybridized carbons (Fsp3) is 0.292. The number of aromatic nitrogens is 1. The molecule has 2 heterocycles. The molecule has 0 radical (unpaired) electrons. The van der Waals surface area contributed by atoms with Gasteiger partial charge in [-0.25, -0.2) is 9.78 Å². The van der Waals surface area contributed by atoms with Gasteiger partial charge < -0.3 is 15.5 Å². The van der Waals surface area contributed by atoms with Gasteiger partial charge in [-0.05, 0) is 49.6 Å². The van der Waals surface area contributed by atoms with Gasteiger partial charge in [-0.3, -0.25) is 4.79 Å². The lowest BCUT2D eigenvalue weighted by Gasteiger charge is -2.17. The van der Waals surface area contributed by atoms with Crippen molar-refractivity contribution in [3.63, 3.8) is 0 Å². The first-order valence-corrected chi connectivity index (χ1v) is 11.4. The van der Waals surface area contributed by atoms with E-state index in [-0.39, 0.29) is 11.9 Å². The first kappa shape index (κ1) is 21.1. The van der Waals surface area contributed by atoms with E-state index in [0.717, 1.165) is 30.1 Å². The second-order valence-electron chi connectivity index (χ2n) is 7.76. The molecule has 7 heteroatoms. The molecule has 1 unspecified atom stereocenters. The summed E-state index contributed by atoms with van der Waals surface area (Å²) < 4.78 is 0. The number of anilines is 1. The number of hydrogen-bond donors (Lipinski definition) is 2. The molecule has 1 atom stereocenters. The van der Waals surface area contributed by atoms with E-state index in [0.29, 0.717) is 30.3 Å². The lowest BCUT2D eigenvalue weighted by Crippen LogP contribution is -2.32. The fourth-order valence-electron chi connectivity index (χ4n) is 3.68. The number of urea groups is 1. The summed E-state index contributed by atoms with van der Waals surface area (Å²) in [5, 5.41) is 9.03. The lowest BCUT2D eigenvalue weighted by atomic mass is 10.1. The summed E-state index contributed by atoms with van der Waals surface area (Å²) in [5.41, 5.74) is 3.48. The molecule has 3 amide bonds. The third-order valence-corrected chi connectivity index (χ3v) is 6.53. The molecule has 0 bridgehead atoms. The second-order valence-corrected chi connectivity index (χ2v) is 8.65. The van der Waals surface area contributed by atoms with E-state index in [1.54, 1.807) is 35.6 Å². The molecule has 1 saturated heterocycles. The van der Waals surface area contributed by atoms with E-state index in [1.807, 2.05) is 42.2 Å². The minimum Gasteiger partial charge on any atom is -0.352 e. The molecule has 2 N–H and O–H groups in total. The molecule has 4 rings (SSSR count). The van der Waals surface area contributed by atoms with E-state index in [4.69, 9.17) is 0 Å². The molecule has 31 heavy (non-hydrogen) atoms. The van der Waals surface area contributed by atoms with Gasteiger partial charge in [-0.2, -0.15) is 0 Å². The average Bonchev–Trinajstić information content (AvgIpc) is 3.44. The van der Waals surface area contributed by atoms with Crippen molar-refractivity contribution >= 4 is 29.0 Å². The van der Waals surface area contributed by atoms with Crippen molar-refractivity contribution in [3.8, 4) is 0 Å². The van der Waals surface area contributed by atoms with E-state index in [1.165, 1.54) is 5.56 Å². The highest BCUT2D eigenvalue weighted by atomic mass is 32.1. The Morgan fingerprint density at radius 1 is 1.13 bits per heavy atom. The van der Waals surface area contributed by atoms with Gasteiger partial charge in [0.1, 0.15) is 0 Å². The summed E-state index contributed by atoms with van der Waals surface area (Å²) in [4.78, 5) is 31.3. The molecule has 3 aromatic rings. The van der Waals surface area contributed by atoms with Crippen LogP contribution in [0.3, 0.4) is 0 Å². The van der Waals surface area contributed by atoms with Crippen LogP contribution in [0.15, 0.2) is 60.0 Å². The van der Waals surface area contributed by atoms with Crippen LogP contribution >= 0.6 is 11.3 Å². The molecule has 0 spiro atoms. The smallest absolute Gasteiger partial charge is 0.321 e. The van der Waals surface area contributed by atoms with Crippen molar-refractivity contribution in [3.05, 3.63) is 81.8 Å². The molecule has 160 valence electrons. The second kappa shape index (κ2) is 9.75. The number of benzene rings is 2. The van der Waals surface area contributed by atoms with Crippen LogP contribution in [0, 0.1) is 6.92 Å². The van der Waals surface area contributed by atoms with E-state index < -0.39 is 0 Å². The summed E-state index contributed by atoms with van der Waals surface area (Å²) in [6.45, 7) is 3.97. The van der Waals surface area contributed by atoms with E-state index >= 15 is 0 Å². The highest BCUT2D eigenvalue weighted by Crippen LogP contribution is 2.29. The topological polar surface area (TPSA) is 74.3 Å². The Bertz CT molecular complexity index is 1030. The van der Waals surface area contributed by atoms with Crippen molar-refractivity contribution < 1.29 is 9.59 Å². The first-order chi connectivity index (χ1) is 15.1. The molecule has 1 fully saturated rings. The number of carbonyl (C=O) groups is 2. The Labute approximate surface area is 186 Å². The Morgan fingerprint density at radius 3 is 2.61 bits per heavy atom. The van der Waals surface area contributed by atoms with Gasteiger partial charge >= 0.3 is 6.03 Å². The van der Waals surface area contributed by atoms with Crippen molar-refractivity contribution in [2.24, 2.45) is 0 Å². The van der Waals surface area contributed by atoms with Crippen LogP contribution in [0.2, 0.25) is 0 Å².